The van der Waals surface area contributed by atoms with Crippen molar-refractivity contribution in [2.24, 2.45) is 0 Å². The zero-order valence-electron chi connectivity index (χ0n) is 10.8. The van der Waals surface area contributed by atoms with Gasteiger partial charge in [-0.25, -0.2) is 4.79 Å². The summed E-state index contributed by atoms with van der Waals surface area (Å²) in [6, 6.07) is 0.639. The van der Waals surface area contributed by atoms with E-state index in [0.717, 1.165) is 0 Å². The van der Waals surface area contributed by atoms with Gasteiger partial charge in [-0.05, 0) is 12.3 Å². The van der Waals surface area contributed by atoms with Crippen molar-refractivity contribution in [3.8, 4) is 0 Å². The van der Waals surface area contributed by atoms with Crippen LogP contribution in [0.5, 0.6) is 0 Å². The highest BCUT2D eigenvalue weighted by atomic mass is 16.5. The molecule has 1 amide bonds. The smallest absolute Gasteiger partial charge is 0.326 e. The third kappa shape index (κ3) is 3.58. The van der Waals surface area contributed by atoms with E-state index in [1.54, 1.807) is 0 Å². The number of nitrogens with one attached hydrogen (secondary N) is 1. The number of nitrogens with zero attached hydrogens (tertiary/aromatic N) is 1. The molecule has 1 unspecified atom stereocenters. The number of aromatic nitrogens is 1. The number of carbonyl (C=O) groups is 2. The Morgan fingerprint density at radius 2 is 2.17 bits per heavy atom. The molecule has 6 heteroatoms. The molecule has 1 atom stereocenters. The molecule has 100 valence electrons. The van der Waals surface area contributed by atoms with Crippen LogP contribution >= 0.6 is 0 Å². The lowest BCUT2D eigenvalue weighted by molar-refractivity contribution is -0.139. The molecule has 1 rings (SSSR count). The van der Waals surface area contributed by atoms with E-state index in [1.165, 1.54) is 6.07 Å². The first-order valence-corrected chi connectivity index (χ1v) is 5.96. The molecule has 0 fully saturated rings. The monoisotopic (exact) mass is 254 g/mol. The Morgan fingerprint density at radius 1 is 1.50 bits per heavy atom. The number of hydrogen-bond acceptors (Lipinski definition) is 4. The maximum absolute atomic E-state index is 11.8. The van der Waals surface area contributed by atoms with Crippen LogP contribution in [0.1, 0.15) is 55.8 Å². The lowest BCUT2D eigenvalue weighted by Crippen LogP contribution is -2.40. The van der Waals surface area contributed by atoms with Crippen molar-refractivity contribution in [1.82, 2.24) is 10.5 Å². The Balaban J connectivity index is 2.71. The fourth-order valence-electron chi connectivity index (χ4n) is 1.44. The summed E-state index contributed by atoms with van der Waals surface area (Å²) in [7, 11) is 0. The van der Waals surface area contributed by atoms with Crippen molar-refractivity contribution in [3.05, 3.63) is 17.5 Å². The van der Waals surface area contributed by atoms with Gasteiger partial charge in [0.1, 0.15) is 6.04 Å². The van der Waals surface area contributed by atoms with Gasteiger partial charge in [-0.1, -0.05) is 32.3 Å². The van der Waals surface area contributed by atoms with Crippen LogP contribution < -0.4 is 5.32 Å². The molecule has 18 heavy (non-hydrogen) atoms. The predicted octanol–water partition coefficient (Wildman–Crippen LogP) is 1.78. The first-order valence-electron chi connectivity index (χ1n) is 5.96. The Labute approximate surface area is 105 Å². The van der Waals surface area contributed by atoms with E-state index in [2.05, 4.69) is 10.5 Å². The van der Waals surface area contributed by atoms with Crippen molar-refractivity contribution >= 4 is 11.9 Å². The number of hydrogen-bond donors (Lipinski definition) is 2. The van der Waals surface area contributed by atoms with Crippen LogP contribution in [0.3, 0.4) is 0 Å². The SMILES string of the molecule is CCCC(NC(=O)c1cc(C(C)C)no1)C(=O)O. The van der Waals surface area contributed by atoms with Gasteiger partial charge < -0.3 is 14.9 Å². The third-order valence-corrected chi connectivity index (χ3v) is 2.52. The van der Waals surface area contributed by atoms with E-state index in [4.69, 9.17) is 9.63 Å². The molecular formula is C12H18N2O4. The van der Waals surface area contributed by atoms with E-state index in [-0.39, 0.29) is 11.7 Å². The minimum absolute atomic E-state index is 0.0426. The summed E-state index contributed by atoms with van der Waals surface area (Å²) in [5.41, 5.74) is 0.669. The highest BCUT2D eigenvalue weighted by molar-refractivity contribution is 5.94. The minimum Gasteiger partial charge on any atom is -0.480 e. The number of carboxylic acids is 1. The second-order valence-corrected chi connectivity index (χ2v) is 4.42. The quantitative estimate of drug-likeness (QED) is 0.807. The first-order chi connectivity index (χ1) is 8.45. The molecule has 0 radical (unpaired) electrons. The molecule has 6 nitrogen and oxygen atoms in total. The highest BCUT2D eigenvalue weighted by Crippen LogP contribution is 2.14. The van der Waals surface area contributed by atoms with Crippen molar-refractivity contribution < 1.29 is 19.2 Å². The van der Waals surface area contributed by atoms with E-state index < -0.39 is 17.9 Å². The van der Waals surface area contributed by atoms with Crippen LogP contribution in [0.4, 0.5) is 0 Å². The summed E-state index contributed by atoms with van der Waals surface area (Å²) < 4.78 is 4.89. The van der Waals surface area contributed by atoms with Gasteiger partial charge in [0.05, 0.1) is 5.69 Å². The normalized spacial score (nSPS) is 12.4. The Kier molecular flexibility index (Phi) is 4.88. The molecular weight excluding hydrogens is 236 g/mol. The molecule has 0 aliphatic carbocycles. The number of aliphatic carboxylic acids is 1. The van der Waals surface area contributed by atoms with E-state index in [9.17, 15) is 9.59 Å². The molecule has 0 aromatic carbocycles. The molecule has 1 heterocycles. The second kappa shape index (κ2) is 6.18. The fourth-order valence-corrected chi connectivity index (χ4v) is 1.44. The van der Waals surface area contributed by atoms with Gasteiger partial charge in [-0.2, -0.15) is 0 Å². The summed E-state index contributed by atoms with van der Waals surface area (Å²) >= 11 is 0. The van der Waals surface area contributed by atoms with Gasteiger partial charge in [0.2, 0.25) is 5.76 Å². The second-order valence-electron chi connectivity index (χ2n) is 4.42. The molecule has 1 aromatic rings. The topological polar surface area (TPSA) is 92.4 Å². The van der Waals surface area contributed by atoms with Gasteiger partial charge >= 0.3 is 5.97 Å². The standard InChI is InChI=1S/C12H18N2O4/c1-4-5-8(12(16)17)13-11(15)10-6-9(7(2)3)14-18-10/h6-8H,4-5H2,1-3H3,(H,13,15)(H,16,17). The van der Waals surface area contributed by atoms with Crippen molar-refractivity contribution in [2.45, 2.75) is 45.6 Å². The Hall–Kier alpha value is -1.85. The number of carbonyl (C=O) groups excluding carboxylic acids is 1. The fraction of sp³-hybridized carbons (Fsp3) is 0.583. The first kappa shape index (κ1) is 14.2. The van der Waals surface area contributed by atoms with E-state index in [1.807, 2.05) is 20.8 Å². The summed E-state index contributed by atoms with van der Waals surface area (Å²) in [6.45, 7) is 5.71. The zero-order chi connectivity index (χ0) is 13.7. The van der Waals surface area contributed by atoms with Crippen LogP contribution in [0.25, 0.3) is 0 Å². The molecule has 2 N–H and O–H groups in total. The van der Waals surface area contributed by atoms with E-state index in [0.29, 0.717) is 18.5 Å². The maximum atomic E-state index is 11.8. The van der Waals surface area contributed by atoms with E-state index >= 15 is 0 Å². The average Bonchev–Trinajstić information content (AvgIpc) is 2.77. The largest absolute Gasteiger partial charge is 0.480 e. The molecule has 0 bridgehead atoms. The molecule has 1 aromatic heterocycles. The highest BCUT2D eigenvalue weighted by Gasteiger charge is 2.22. The third-order valence-electron chi connectivity index (χ3n) is 2.52. The van der Waals surface area contributed by atoms with Crippen molar-refractivity contribution in [3.63, 3.8) is 0 Å². The average molecular weight is 254 g/mol. The maximum Gasteiger partial charge on any atom is 0.326 e. The number of rotatable bonds is 6. The summed E-state index contributed by atoms with van der Waals surface area (Å²) in [6.07, 6.45) is 1.05. The lowest BCUT2D eigenvalue weighted by Gasteiger charge is -2.11. The molecule has 0 saturated heterocycles. The van der Waals surface area contributed by atoms with Crippen LogP contribution in [0.2, 0.25) is 0 Å². The number of amides is 1. The Morgan fingerprint density at radius 3 is 2.61 bits per heavy atom. The van der Waals surface area contributed by atoms with Gasteiger partial charge in [-0.15, -0.1) is 0 Å². The Bertz CT molecular complexity index is 425. The molecule has 0 aliphatic heterocycles. The van der Waals surface area contributed by atoms with Gasteiger partial charge in [0.15, 0.2) is 0 Å². The van der Waals surface area contributed by atoms with Crippen LogP contribution in [0, 0.1) is 0 Å². The summed E-state index contributed by atoms with van der Waals surface area (Å²) in [5, 5.41) is 15.1. The van der Waals surface area contributed by atoms with Crippen LogP contribution in [-0.4, -0.2) is 28.2 Å². The van der Waals surface area contributed by atoms with Crippen LogP contribution in [0.15, 0.2) is 10.6 Å². The van der Waals surface area contributed by atoms with Gasteiger partial charge in [0, 0.05) is 6.07 Å². The predicted molar refractivity (Wildman–Crippen MR) is 64.4 cm³/mol. The lowest BCUT2D eigenvalue weighted by atomic mass is 10.1. The summed E-state index contributed by atoms with van der Waals surface area (Å²) in [5.74, 6) is -1.40. The van der Waals surface area contributed by atoms with Crippen LogP contribution in [-0.2, 0) is 4.79 Å². The summed E-state index contributed by atoms with van der Waals surface area (Å²) in [4.78, 5) is 22.7. The minimum atomic E-state index is -1.05. The van der Waals surface area contributed by atoms with Gasteiger partial charge in [-0.3, -0.25) is 4.79 Å². The number of carboxylic acid groups (broad SMARTS) is 1. The van der Waals surface area contributed by atoms with Gasteiger partial charge in [0.25, 0.3) is 5.91 Å². The molecule has 0 saturated carbocycles. The molecule has 0 spiro atoms. The molecule has 0 aliphatic rings. The van der Waals surface area contributed by atoms with Crippen molar-refractivity contribution in [2.75, 3.05) is 0 Å². The van der Waals surface area contributed by atoms with Crippen molar-refractivity contribution in [1.29, 1.82) is 0 Å². The zero-order valence-corrected chi connectivity index (χ0v) is 10.8.